The second-order valence-electron chi connectivity index (χ2n) is 5.29. The quantitative estimate of drug-likeness (QED) is 0.795. The fraction of sp³-hybridized carbons (Fsp3) is 0.833. The molecule has 0 bridgehead atoms. The largest absolute Gasteiger partial charge is 0.480 e. The summed E-state index contributed by atoms with van der Waals surface area (Å²) in [7, 11) is 0. The van der Waals surface area contributed by atoms with Crippen molar-refractivity contribution >= 4 is 11.9 Å². The van der Waals surface area contributed by atoms with Crippen molar-refractivity contribution in [3.05, 3.63) is 0 Å². The Morgan fingerprint density at radius 3 is 2.50 bits per heavy atom. The second-order valence-corrected chi connectivity index (χ2v) is 5.29. The Morgan fingerprint density at radius 1 is 1.39 bits per heavy atom. The van der Waals surface area contributed by atoms with Crippen LogP contribution in [0.1, 0.15) is 26.7 Å². The Hall–Kier alpha value is -1.14. The van der Waals surface area contributed by atoms with Crippen molar-refractivity contribution in [2.45, 2.75) is 38.5 Å². The van der Waals surface area contributed by atoms with Crippen LogP contribution in [0.4, 0.5) is 0 Å². The molecule has 2 aliphatic rings. The molecule has 6 nitrogen and oxygen atoms in total. The predicted octanol–water partition coefficient (Wildman–Crippen LogP) is 0.461. The Bertz CT molecular complexity index is 348. The molecule has 2 heterocycles. The summed E-state index contributed by atoms with van der Waals surface area (Å²) in [6, 6.07) is -0.839. The summed E-state index contributed by atoms with van der Waals surface area (Å²) in [5.41, 5.74) is 0. The van der Waals surface area contributed by atoms with E-state index >= 15 is 0 Å². The van der Waals surface area contributed by atoms with Gasteiger partial charge in [0.1, 0.15) is 6.04 Å². The molecule has 1 atom stereocenters. The van der Waals surface area contributed by atoms with Crippen molar-refractivity contribution < 1.29 is 24.2 Å². The van der Waals surface area contributed by atoms with E-state index in [0.717, 1.165) is 0 Å². The number of ether oxygens (including phenoxy) is 2. The highest BCUT2D eigenvalue weighted by molar-refractivity contribution is 5.84. The summed E-state index contributed by atoms with van der Waals surface area (Å²) in [6.07, 6.45) is 0.562. The first kappa shape index (κ1) is 13.3. The van der Waals surface area contributed by atoms with Crippen molar-refractivity contribution in [3.8, 4) is 0 Å². The van der Waals surface area contributed by atoms with Gasteiger partial charge in [0.2, 0.25) is 5.91 Å². The van der Waals surface area contributed by atoms with Crippen LogP contribution in [0.15, 0.2) is 0 Å². The first-order valence-corrected chi connectivity index (χ1v) is 6.24. The minimum atomic E-state index is -0.997. The lowest BCUT2D eigenvalue weighted by Crippen LogP contribution is -2.41. The Labute approximate surface area is 106 Å². The molecule has 1 amide bonds. The zero-order chi connectivity index (χ0) is 13.3. The molecule has 1 spiro atoms. The molecule has 1 N–H and O–H groups in total. The summed E-state index contributed by atoms with van der Waals surface area (Å²) in [5.74, 6) is -1.83. The maximum absolute atomic E-state index is 12.1. The third-order valence-electron chi connectivity index (χ3n) is 3.29. The topological polar surface area (TPSA) is 76.1 Å². The molecule has 18 heavy (non-hydrogen) atoms. The number of amides is 1. The van der Waals surface area contributed by atoms with Gasteiger partial charge in [0.25, 0.3) is 0 Å². The summed E-state index contributed by atoms with van der Waals surface area (Å²) in [4.78, 5) is 24.7. The Balaban J connectivity index is 2.12. The standard InChI is InChI=1S/C12H19NO5/c1-8(2)5-10(14)13-7-12(17-3-4-18-12)6-9(13)11(15)16/h8-9H,3-7H2,1-2H3,(H,15,16). The van der Waals surface area contributed by atoms with Crippen LogP contribution in [0.2, 0.25) is 0 Å². The number of aliphatic carboxylic acids is 1. The monoisotopic (exact) mass is 257 g/mol. The van der Waals surface area contributed by atoms with Crippen LogP contribution in [-0.2, 0) is 19.1 Å². The van der Waals surface area contributed by atoms with Gasteiger partial charge in [-0.25, -0.2) is 4.79 Å². The van der Waals surface area contributed by atoms with Gasteiger partial charge in [-0.3, -0.25) is 4.79 Å². The van der Waals surface area contributed by atoms with E-state index in [1.54, 1.807) is 0 Å². The summed E-state index contributed by atoms with van der Waals surface area (Å²) in [6.45, 7) is 5.00. The van der Waals surface area contributed by atoms with Gasteiger partial charge in [0.05, 0.1) is 19.8 Å². The maximum Gasteiger partial charge on any atom is 0.326 e. The number of carbonyl (C=O) groups is 2. The third-order valence-corrected chi connectivity index (χ3v) is 3.29. The first-order chi connectivity index (χ1) is 8.43. The van der Waals surface area contributed by atoms with Crippen LogP contribution in [0.5, 0.6) is 0 Å². The molecule has 0 aliphatic carbocycles. The number of hydrogen-bond acceptors (Lipinski definition) is 4. The number of rotatable bonds is 3. The van der Waals surface area contributed by atoms with E-state index in [9.17, 15) is 14.7 Å². The van der Waals surface area contributed by atoms with Gasteiger partial charge < -0.3 is 19.5 Å². The van der Waals surface area contributed by atoms with E-state index in [1.165, 1.54) is 4.90 Å². The average Bonchev–Trinajstić information content (AvgIpc) is 2.86. The highest BCUT2D eigenvalue weighted by atomic mass is 16.7. The molecular formula is C12H19NO5. The molecule has 2 fully saturated rings. The number of carboxylic acids is 1. The van der Waals surface area contributed by atoms with Crippen molar-refractivity contribution in [1.82, 2.24) is 4.90 Å². The molecule has 2 saturated heterocycles. The van der Waals surface area contributed by atoms with E-state index in [0.29, 0.717) is 19.6 Å². The second kappa shape index (κ2) is 4.85. The van der Waals surface area contributed by atoms with Crippen LogP contribution < -0.4 is 0 Å². The molecule has 0 radical (unpaired) electrons. The van der Waals surface area contributed by atoms with E-state index < -0.39 is 17.8 Å². The lowest BCUT2D eigenvalue weighted by Gasteiger charge is -2.23. The van der Waals surface area contributed by atoms with Gasteiger partial charge in [0, 0.05) is 12.8 Å². The molecule has 1 unspecified atom stereocenters. The molecule has 102 valence electrons. The molecule has 6 heteroatoms. The van der Waals surface area contributed by atoms with E-state index in [2.05, 4.69) is 0 Å². The Morgan fingerprint density at radius 2 is 2.00 bits per heavy atom. The highest BCUT2D eigenvalue weighted by Gasteiger charge is 2.52. The van der Waals surface area contributed by atoms with Crippen LogP contribution in [-0.4, -0.2) is 53.5 Å². The van der Waals surface area contributed by atoms with E-state index in [-0.39, 0.29) is 24.8 Å². The fourth-order valence-corrected chi connectivity index (χ4v) is 2.49. The summed E-state index contributed by atoms with van der Waals surface area (Å²) >= 11 is 0. The smallest absolute Gasteiger partial charge is 0.326 e. The third kappa shape index (κ3) is 2.49. The number of hydrogen-bond donors (Lipinski definition) is 1. The van der Waals surface area contributed by atoms with Gasteiger partial charge in [0.15, 0.2) is 5.79 Å². The van der Waals surface area contributed by atoms with Crippen LogP contribution in [0.25, 0.3) is 0 Å². The van der Waals surface area contributed by atoms with Crippen LogP contribution in [0, 0.1) is 5.92 Å². The van der Waals surface area contributed by atoms with Gasteiger partial charge in [-0.05, 0) is 5.92 Å². The van der Waals surface area contributed by atoms with Crippen molar-refractivity contribution in [1.29, 1.82) is 0 Å². The number of carboxylic acid groups (broad SMARTS) is 1. The number of carbonyl (C=O) groups excluding carboxylic acids is 1. The minimum absolute atomic E-state index is 0.145. The zero-order valence-electron chi connectivity index (χ0n) is 10.7. The number of likely N-dealkylation sites (tertiary alicyclic amines) is 1. The molecule has 0 aromatic rings. The maximum atomic E-state index is 12.1. The minimum Gasteiger partial charge on any atom is -0.480 e. The molecule has 2 rings (SSSR count). The van der Waals surface area contributed by atoms with Crippen molar-refractivity contribution in [3.63, 3.8) is 0 Å². The predicted molar refractivity (Wildman–Crippen MR) is 61.8 cm³/mol. The lowest BCUT2D eigenvalue weighted by atomic mass is 10.1. The summed E-state index contributed by atoms with van der Waals surface area (Å²) in [5, 5.41) is 9.21. The average molecular weight is 257 g/mol. The van der Waals surface area contributed by atoms with Crippen molar-refractivity contribution in [2.24, 2.45) is 5.92 Å². The highest BCUT2D eigenvalue weighted by Crippen LogP contribution is 2.35. The molecule has 2 aliphatic heterocycles. The summed E-state index contributed by atoms with van der Waals surface area (Å²) < 4.78 is 11.0. The van der Waals surface area contributed by atoms with E-state index in [1.807, 2.05) is 13.8 Å². The molecule has 0 aromatic heterocycles. The van der Waals surface area contributed by atoms with Crippen LogP contribution in [0.3, 0.4) is 0 Å². The molecule has 0 aromatic carbocycles. The SMILES string of the molecule is CC(C)CC(=O)N1CC2(CC1C(=O)O)OCCO2. The molecule has 0 saturated carbocycles. The normalized spacial score (nSPS) is 26.2. The van der Waals surface area contributed by atoms with E-state index in [4.69, 9.17) is 9.47 Å². The van der Waals surface area contributed by atoms with Gasteiger partial charge in [-0.2, -0.15) is 0 Å². The molecular weight excluding hydrogens is 238 g/mol. The first-order valence-electron chi connectivity index (χ1n) is 6.24. The van der Waals surface area contributed by atoms with Gasteiger partial charge in [-0.15, -0.1) is 0 Å². The van der Waals surface area contributed by atoms with Gasteiger partial charge >= 0.3 is 5.97 Å². The Kier molecular flexibility index (Phi) is 3.59. The van der Waals surface area contributed by atoms with Crippen molar-refractivity contribution in [2.75, 3.05) is 19.8 Å². The number of nitrogens with zero attached hydrogens (tertiary/aromatic N) is 1. The zero-order valence-corrected chi connectivity index (χ0v) is 10.7. The van der Waals surface area contributed by atoms with Crippen LogP contribution >= 0.6 is 0 Å². The fourth-order valence-electron chi connectivity index (χ4n) is 2.49. The lowest BCUT2D eigenvalue weighted by molar-refractivity contribution is -0.152. The van der Waals surface area contributed by atoms with Gasteiger partial charge in [-0.1, -0.05) is 13.8 Å².